The Morgan fingerprint density at radius 2 is 1.68 bits per heavy atom. The van der Waals surface area contributed by atoms with Gasteiger partial charge in [-0.3, -0.25) is 14.5 Å². The minimum absolute atomic E-state index is 0.0108. The fourth-order valence-corrected chi connectivity index (χ4v) is 2.84. The predicted octanol–water partition coefficient (Wildman–Crippen LogP) is 3.11. The van der Waals surface area contributed by atoms with E-state index < -0.39 is 0 Å². The Labute approximate surface area is 137 Å². The van der Waals surface area contributed by atoms with Crippen molar-refractivity contribution in [2.45, 2.75) is 61.3 Å². The van der Waals surface area contributed by atoms with E-state index in [1.54, 1.807) is 6.92 Å². The Bertz CT molecular complexity index is 373. The molecule has 0 fully saturated rings. The third-order valence-electron chi connectivity index (χ3n) is 4.44. The molecule has 1 amide bonds. The summed E-state index contributed by atoms with van der Waals surface area (Å²) >= 11 is 0. The van der Waals surface area contributed by atoms with Crippen LogP contribution in [0.3, 0.4) is 0 Å². The number of rotatable bonds is 10. The smallest absolute Gasteiger partial charge is 0.220 e. The lowest BCUT2D eigenvalue weighted by molar-refractivity contribution is -0.123. The number of ketones is 1. The maximum atomic E-state index is 12.1. The summed E-state index contributed by atoms with van der Waals surface area (Å²) in [6.07, 6.45) is 1.56. The summed E-state index contributed by atoms with van der Waals surface area (Å²) in [5.74, 6) is 0.835. The molecular formula is C18H36N2O2. The van der Waals surface area contributed by atoms with E-state index in [1.165, 1.54) is 0 Å². The largest absolute Gasteiger partial charge is 0.355 e. The number of hydrogen-bond acceptors (Lipinski definition) is 3. The molecule has 4 nitrogen and oxygen atoms in total. The van der Waals surface area contributed by atoms with Gasteiger partial charge in [0.15, 0.2) is 0 Å². The van der Waals surface area contributed by atoms with Gasteiger partial charge >= 0.3 is 0 Å². The van der Waals surface area contributed by atoms with E-state index in [-0.39, 0.29) is 22.5 Å². The third-order valence-corrected chi connectivity index (χ3v) is 4.44. The van der Waals surface area contributed by atoms with Gasteiger partial charge in [-0.15, -0.1) is 0 Å². The molecule has 130 valence electrons. The molecule has 0 radical (unpaired) electrons. The summed E-state index contributed by atoms with van der Waals surface area (Å²) in [5, 5.41) is 2.97. The van der Waals surface area contributed by atoms with Gasteiger partial charge < -0.3 is 5.32 Å². The van der Waals surface area contributed by atoms with Crippen molar-refractivity contribution in [2.24, 2.45) is 16.7 Å². The number of nitrogens with zero attached hydrogens (tertiary/aromatic N) is 1. The van der Waals surface area contributed by atoms with Crippen molar-refractivity contribution >= 4 is 11.7 Å². The van der Waals surface area contributed by atoms with Crippen LogP contribution in [0.25, 0.3) is 0 Å². The quantitative estimate of drug-likeness (QED) is 0.674. The van der Waals surface area contributed by atoms with E-state index in [0.717, 1.165) is 6.42 Å². The van der Waals surface area contributed by atoms with Crippen LogP contribution in [0.2, 0.25) is 0 Å². The zero-order valence-electron chi connectivity index (χ0n) is 15.9. The third kappa shape index (κ3) is 9.19. The van der Waals surface area contributed by atoms with Crippen molar-refractivity contribution in [1.82, 2.24) is 10.2 Å². The highest BCUT2D eigenvalue weighted by Gasteiger charge is 2.32. The van der Waals surface area contributed by atoms with Gasteiger partial charge in [-0.2, -0.15) is 0 Å². The first-order valence-electron chi connectivity index (χ1n) is 8.30. The molecule has 0 heterocycles. The van der Waals surface area contributed by atoms with E-state index in [9.17, 15) is 9.59 Å². The van der Waals surface area contributed by atoms with Crippen LogP contribution in [0.4, 0.5) is 0 Å². The second-order valence-corrected chi connectivity index (χ2v) is 8.45. The van der Waals surface area contributed by atoms with E-state index in [2.05, 4.69) is 46.9 Å². The molecule has 0 aliphatic carbocycles. The molecule has 1 N–H and O–H groups in total. The summed E-state index contributed by atoms with van der Waals surface area (Å²) in [6, 6.07) is 0. The van der Waals surface area contributed by atoms with Crippen LogP contribution in [0.1, 0.15) is 61.3 Å². The van der Waals surface area contributed by atoms with Crippen LogP contribution in [-0.4, -0.2) is 43.3 Å². The van der Waals surface area contributed by atoms with Gasteiger partial charge in [-0.25, -0.2) is 0 Å². The number of nitrogens with one attached hydrogen (secondary N) is 1. The van der Waals surface area contributed by atoms with Crippen molar-refractivity contribution in [3.05, 3.63) is 0 Å². The first-order valence-corrected chi connectivity index (χ1v) is 8.30. The number of Topliss-reactive ketones (excluding diaryl/α,β-unsaturated/α-hetero) is 1. The second-order valence-electron chi connectivity index (χ2n) is 8.45. The second kappa shape index (κ2) is 8.66. The van der Waals surface area contributed by atoms with Crippen molar-refractivity contribution in [1.29, 1.82) is 0 Å². The maximum absolute atomic E-state index is 12.1. The van der Waals surface area contributed by atoms with Crippen molar-refractivity contribution in [2.75, 3.05) is 26.7 Å². The molecule has 0 aromatic carbocycles. The van der Waals surface area contributed by atoms with Crippen LogP contribution in [0, 0.1) is 16.7 Å². The lowest BCUT2D eigenvalue weighted by Gasteiger charge is -2.37. The molecule has 0 rings (SSSR count). The molecule has 0 saturated carbocycles. The van der Waals surface area contributed by atoms with Gasteiger partial charge in [0.2, 0.25) is 5.91 Å². The first-order chi connectivity index (χ1) is 9.85. The summed E-state index contributed by atoms with van der Waals surface area (Å²) in [5.41, 5.74) is 0.217. The molecule has 0 spiro atoms. The number of carbonyl (C=O) groups excluding carboxylic acids is 2. The van der Waals surface area contributed by atoms with Crippen LogP contribution in [0.15, 0.2) is 0 Å². The van der Waals surface area contributed by atoms with Crippen LogP contribution >= 0.6 is 0 Å². The maximum Gasteiger partial charge on any atom is 0.220 e. The molecule has 22 heavy (non-hydrogen) atoms. The molecule has 0 bridgehead atoms. The topological polar surface area (TPSA) is 49.4 Å². The average Bonchev–Trinajstić information content (AvgIpc) is 2.24. The summed E-state index contributed by atoms with van der Waals surface area (Å²) < 4.78 is 0. The molecule has 0 aliphatic heterocycles. The Morgan fingerprint density at radius 1 is 1.14 bits per heavy atom. The van der Waals surface area contributed by atoms with Crippen LogP contribution in [-0.2, 0) is 9.59 Å². The predicted molar refractivity (Wildman–Crippen MR) is 92.8 cm³/mol. The lowest BCUT2D eigenvalue weighted by Crippen LogP contribution is -2.37. The highest BCUT2D eigenvalue weighted by Crippen LogP contribution is 2.40. The van der Waals surface area contributed by atoms with Gasteiger partial charge in [0.25, 0.3) is 0 Å². The van der Waals surface area contributed by atoms with E-state index in [4.69, 9.17) is 0 Å². The minimum Gasteiger partial charge on any atom is -0.355 e. The van der Waals surface area contributed by atoms with Crippen molar-refractivity contribution < 1.29 is 9.59 Å². The number of amides is 1. The normalized spacial score (nSPS) is 12.8. The summed E-state index contributed by atoms with van der Waals surface area (Å²) in [6.45, 7) is 16.6. The summed E-state index contributed by atoms with van der Waals surface area (Å²) in [7, 11) is 1.89. The summed E-state index contributed by atoms with van der Waals surface area (Å²) in [4.78, 5) is 25.0. The zero-order chi connectivity index (χ0) is 17.6. The molecular weight excluding hydrogens is 276 g/mol. The Hall–Kier alpha value is -0.900. The van der Waals surface area contributed by atoms with E-state index in [0.29, 0.717) is 32.0 Å². The van der Waals surface area contributed by atoms with Crippen molar-refractivity contribution in [3.8, 4) is 0 Å². The van der Waals surface area contributed by atoms with Gasteiger partial charge in [-0.05, 0) is 37.1 Å². The minimum atomic E-state index is -0.0108. The highest BCUT2D eigenvalue weighted by atomic mass is 16.1. The van der Waals surface area contributed by atoms with Gasteiger partial charge in [-0.1, -0.05) is 41.5 Å². The fourth-order valence-electron chi connectivity index (χ4n) is 2.84. The average molecular weight is 312 g/mol. The number of likely N-dealkylation sites (N-methyl/N-ethyl adjacent to an activating group) is 1. The molecule has 0 aliphatic rings. The Morgan fingerprint density at radius 3 is 2.14 bits per heavy atom. The Kier molecular flexibility index (Phi) is 8.30. The SMILES string of the molecule is CC(=O)CN(C)CCNC(=O)CC(C)(C)CC(C)(C)C(C)C. The van der Waals surface area contributed by atoms with E-state index >= 15 is 0 Å². The molecule has 0 aromatic heterocycles. The van der Waals surface area contributed by atoms with Gasteiger partial charge in [0.1, 0.15) is 5.78 Å². The lowest BCUT2D eigenvalue weighted by atomic mass is 9.68. The zero-order valence-corrected chi connectivity index (χ0v) is 15.9. The molecule has 0 saturated heterocycles. The van der Waals surface area contributed by atoms with E-state index in [1.807, 2.05) is 11.9 Å². The first kappa shape index (κ1) is 21.1. The highest BCUT2D eigenvalue weighted by molar-refractivity contribution is 5.77. The fraction of sp³-hybridized carbons (Fsp3) is 0.889. The standard InChI is InChI=1S/C18H36N2O2/c1-14(2)18(6,7)13-17(4,5)11-16(22)19-9-10-20(8)12-15(3)21/h14H,9-13H2,1-8H3,(H,19,22). The monoisotopic (exact) mass is 312 g/mol. The van der Waals surface area contributed by atoms with Crippen LogP contribution < -0.4 is 5.32 Å². The molecule has 0 aromatic rings. The van der Waals surface area contributed by atoms with Gasteiger partial charge in [0.05, 0.1) is 6.54 Å². The molecule has 0 unspecified atom stereocenters. The van der Waals surface area contributed by atoms with Crippen molar-refractivity contribution in [3.63, 3.8) is 0 Å². The number of hydrogen-bond donors (Lipinski definition) is 1. The molecule has 0 atom stereocenters. The van der Waals surface area contributed by atoms with Gasteiger partial charge in [0, 0.05) is 19.5 Å². The Balaban J connectivity index is 4.22. The van der Waals surface area contributed by atoms with Crippen LogP contribution in [0.5, 0.6) is 0 Å². The number of carbonyl (C=O) groups is 2. The molecule has 4 heteroatoms.